The predicted molar refractivity (Wildman–Crippen MR) is 62.5 cm³/mol. The van der Waals surface area contributed by atoms with Gasteiger partial charge in [0.1, 0.15) is 0 Å². The minimum Gasteiger partial charge on any atom is -0.340 e. The molecule has 2 rings (SSSR count). The highest BCUT2D eigenvalue weighted by Crippen LogP contribution is 2.28. The Bertz CT molecular complexity index is 311. The second kappa shape index (κ2) is 4.07. The van der Waals surface area contributed by atoms with Crippen molar-refractivity contribution in [2.45, 2.75) is 38.8 Å². The number of hydrogen-bond acceptors (Lipinski definition) is 1. The molecule has 1 fully saturated rings. The molecule has 1 aromatic heterocycles. The molecule has 0 bridgehead atoms. The van der Waals surface area contributed by atoms with Crippen LogP contribution in [-0.2, 0) is 0 Å². The fraction of sp³-hybridized carbons (Fsp3) is 0.636. The van der Waals surface area contributed by atoms with E-state index >= 15 is 0 Å². The minimum atomic E-state index is 0.527. The normalized spacial score (nSPS) is 22.1. The molecule has 2 nitrogen and oxygen atoms in total. The molecule has 78 valence electrons. The van der Waals surface area contributed by atoms with Gasteiger partial charge in [0, 0.05) is 18.3 Å². The summed E-state index contributed by atoms with van der Waals surface area (Å²) in [4.78, 5) is 0. The highest BCUT2D eigenvalue weighted by atomic mass is 79.9. The van der Waals surface area contributed by atoms with Crippen molar-refractivity contribution in [1.82, 2.24) is 9.88 Å². The molecular weight excluding hydrogens is 240 g/mol. The van der Waals surface area contributed by atoms with Gasteiger partial charge in [0.25, 0.3) is 0 Å². The summed E-state index contributed by atoms with van der Waals surface area (Å²) in [6.07, 6.45) is 4.83. The van der Waals surface area contributed by atoms with Crippen molar-refractivity contribution >= 4 is 15.9 Å². The summed E-state index contributed by atoms with van der Waals surface area (Å²) in [6, 6.07) is 3.34. The molecule has 1 aliphatic rings. The molecule has 14 heavy (non-hydrogen) atoms. The number of hydrogen-bond donors (Lipinski definition) is 1. The second-order valence-corrected chi connectivity index (χ2v) is 5.06. The molecule has 1 aliphatic heterocycles. The first kappa shape index (κ1) is 10.2. The summed E-state index contributed by atoms with van der Waals surface area (Å²) < 4.78 is 3.46. The van der Waals surface area contributed by atoms with Crippen LogP contribution in [-0.4, -0.2) is 11.1 Å². The van der Waals surface area contributed by atoms with Crippen molar-refractivity contribution in [2.75, 3.05) is 6.54 Å². The first-order valence-electron chi connectivity index (χ1n) is 5.29. The number of nitrogens with one attached hydrogen (secondary N) is 1. The summed E-state index contributed by atoms with van der Waals surface area (Å²) in [5.74, 6) is 0. The maximum absolute atomic E-state index is 3.60. The van der Waals surface area contributed by atoms with E-state index in [-0.39, 0.29) is 0 Å². The van der Waals surface area contributed by atoms with Crippen LogP contribution in [0.15, 0.2) is 16.9 Å². The van der Waals surface area contributed by atoms with E-state index in [0.717, 1.165) is 6.54 Å². The summed E-state index contributed by atoms with van der Waals surface area (Å²) in [5, 5.41) is 3.52. The Morgan fingerprint density at radius 1 is 1.57 bits per heavy atom. The molecule has 1 unspecified atom stereocenters. The largest absolute Gasteiger partial charge is 0.340 e. The number of aromatic nitrogens is 1. The van der Waals surface area contributed by atoms with Gasteiger partial charge in [-0.3, -0.25) is 0 Å². The standard InChI is InChI=1S/C11H17BrN2/c1-8(2)14-7-9(6-11(14)12)10-4-3-5-13-10/h6-8,10,13H,3-5H2,1-2H3. The van der Waals surface area contributed by atoms with Crippen LogP contribution in [0.4, 0.5) is 0 Å². The van der Waals surface area contributed by atoms with E-state index in [1.165, 1.54) is 23.0 Å². The highest BCUT2D eigenvalue weighted by molar-refractivity contribution is 9.10. The fourth-order valence-corrected chi connectivity index (χ4v) is 2.80. The molecular formula is C11H17BrN2. The molecule has 1 saturated heterocycles. The van der Waals surface area contributed by atoms with Gasteiger partial charge in [-0.25, -0.2) is 0 Å². The smallest absolute Gasteiger partial charge is 0.0852 e. The quantitative estimate of drug-likeness (QED) is 0.860. The molecule has 0 spiro atoms. The second-order valence-electron chi connectivity index (χ2n) is 4.25. The van der Waals surface area contributed by atoms with Gasteiger partial charge in [0.2, 0.25) is 0 Å². The number of nitrogens with zero attached hydrogens (tertiary/aromatic N) is 1. The molecule has 1 aromatic rings. The van der Waals surface area contributed by atoms with Crippen LogP contribution in [0, 0.1) is 0 Å². The lowest BCUT2D eigenvalue weighted by Gasteiger charge is -2.09. The third-order valence-corrected chi connectivity index (χ3v) is 3.48. The molecule has 2 heterocycles. The minimum absolute atomic E-state index is 0.527. The molecule has 0 amide bonds. The van der Waals surface area contributed by atoms with Crippen LogP contribution < -0.4 is 5.32 Å². The maximum Gasteiger partial charge on any atom is 0.0852 e. The fourth-order valence-electron chi connectivity index (χ4n) is 2.03. The first-order valence-corrected chi connectivity index (χ1v) is 6.08. The van der Waals surface area contributed by atoms with Crippen LogP contribution in [0.25, 0.3) is 0 Å². The van der Waals surface area contributed by atoms with E-state index in [1.807, 2.05) is 0 Å². The molecule has 0 aromatic carbocycles. The number of rotatable bonds is 2. The van der Waals surface area contributed by atoms with Crippen LogP contribution in [0.5, 0.6) is 0 Å². The lowest BCUT2D eigenvalue weighted by molar-refractivity contribution is 0.584. The third kappa shape index (κ3) is 1.89. The van der Waals surface area contributed by atoms with Crippen LogP contribution in [0.1, 0.15) is 44.3 Å². The zero-order valence-electron chi connectivity index (χ0n) is 8.76. The van der Waals surface area contributed by atoms with Crippen molar-refractivity contribution in [3.8, 4) is 0 Å². The Balaban J connectivity index is 2.22. The zero-order valence-corrected chi connectivity index (χ0v) is 10.3. The Morgan fingerprint density at radius 2 is 2.36 bits per heavy atom. The summed E-state index contributed by atoms with van der Waals surface area (Å²) in [7, 11) is 0. The summed E-state index contributed by atoms with van der Waals surface area (Å²) in [5.41, 5.74) is 1.42. The first-order chi connectivity index (χ1) is 6.68. The van der Waals surface area contributed by atoms with Gasteiger partial charge in [-0.15, -0.1) is 0 Å². The molecule has 1 N–H and O–H groups in total. The zero-order chi connectivity index (χ0) is 10.1. The van der Waals surface area contributed by atoms with Crippen molar-refractivity contribution in [3.63, 3.8) is 0 Å². The van der Waals surface area contributed by atoms with E-state index < -0.39 is 0 Å². The van der Waals surface area contributed by atoms with E-state index in [1.54, 1.807) is 0 Å². The van der Waals surface area contributed by atoms with Crippen LogP contribution >= 0.6 is 15.9 Å². The van der Waals surface area contributed by atoms with Gasteiger partial charge in [-0.1, -0.05) is 0 Å². The van der Waals surface area contributed by atoms with Crippen molar-refractivity contribution < 1.29 is 0 Å². The lowest BCUT2D eigenvalue weighted by atomic mass is 10.1. The maximum atomic E-state index is 3.60. The lowest BCUT2D eigenvalue weighted by Crippen LogP contribution is -2.12. The van der Waals surface area contributed by atoms with Crippen LogP contribution in [0.3, 0.4) is 0 Å². The highest BCUT2D eigenvalue weighted by Gasteiger charge is 2.18. The van der Waals surface area contributed by atoms with Gasteiger partial charge in [0.15, 0.2) is 0 Å². The average Bonchev–Trinajstić information content (AvgIpc) is 2.70. The molecule has 1 atom stereocenters. The van der Waals surface area contributed by atoms with E-state index in [0.29, 0.717) is 12.1 Å². The monoisotopic (exact) mass is 256 g/mol. The van der Waals surface area contributed by atoms with Crippen molar-refractivity contribution in [1.29, 1.82) is 0 Å². The summed E-state index contributed by atoms with van der Waals surface area (Å²) >= 11 is 3.60. The van der Waals surface area contributed by atoms with Gasteiger partial charge < -0.3 is 9.88 Å². The topological polar surface area (TPSA) is 17.0 Å². The SMILES string of the molecule is CC(C)n1cc(C2CCCN2)cc1Br. The van der Waals surface area contributed by atoms with Gasteiger partial charge in [-0.2, -0.15) is 0 Å². The molecule has 3 heteroatoms. The van der Waals surface area contributed by atoms with Gasteiger partial charge >= 0.3 is 0 Å². The third-order valence-electron chi connectivity index (χ3n) is 2.84. The predicted octanol–water partition coefficient (Wildman–Crippen LogP) is 3.26. The van der Waals surface area contributed by atoms with E-state index in [4.69, 9.17) is 0 Å². The molecule has 0 saturated carbocycles. The van der Waals surface area contributed by atoms with E-state index in [2.05, 4.69) is 51.9 Å². The van der Waals surface area contributed by atoms with Crippen molar-refractivity contribution in [3.05, 3.63) is 22.4 Å². The summed E-state index contributed by atoms with van der Waals surface area (Å²) in [6.45, 7) is 5.57. The molecule has 0 radical (unpaired) electrons. The molecule has 0 aliphatic carbocycles. The van der Waals surface area contributed by atoms with Crippen molar-refractivity contribution in [2.24, 2.45) is 0 Å². The Morgan fingerprint density at radius 3 is 2.86 bits per heavy atom. The van der Waals surface area contributed by atoms with Gasteiger partial charge in [-0.05, 0) is 60.8 Å². The number of halogens is 1. The Labute approximate surface area is 93.8 Å². The van der Waals surface area contributed by atoms with Gasteiger partial charge in [0.05, 0.1) is 4.60 Å². The average molecular weight is 257 g/mol. The Kier molecular flexibility index (Phi) is 2.98. The van der Waals surface area contributed by atoms with Crippen LogP contribution in [0.2, 0.25) is 0 Å². The van der Waals surface area contributed by atoms with E-state index in [9.17, 15) is 0 Å². The Hall–Kier alpha value is -0.280.